The lowest BCUT2D eigenvalue weighted by Crippen LogP contribution is -2.34. The first-order chi connectivity index (χ1) is 6.58. The van der Waals surface area contributed by atoms with Crippen molar-refractivity contribution in [1.82, 2.24) is 0 Å². The molecular formula is C9H14O5. The Bertz CT molecular complexity index is 203. The minimum Gasteiger partial charge on any atom is -0.462 e. The predicted molar refractivity (Wildman–Crippen MR) is 46.3 cm³/mol. The van der Waals surface area contributed by atoms with Crippen molar-refractivity contribution in [2.45, 2.75) is 39.1 Å². The van der Waals surface area contributed by atoms with Gasteiger partial charge in [-0.3, -0.25) is 9.59 Å². The summed E-state index contributed by atoms with van der Waals surface area (Å²) in [6, 6.07) is 0. The first kappa shape index (κ1) is 11.0. The van der Waals surface area contributed by atoms with E-state index in [1.165, 1.54) is 13.8 Å². The summed E-state index contributed by atoms with van der Waals surface area (Å²) in [4.78, 5) is 21.3. The van der Waals surface area contributed by atoms with Gasteiger partial charge < -0.3 is 14.2 Å². The van der Waals surface area contributed by atoms with Gasteiger partial charge in [-0.25, -0.2) is 0 Å². The van der Waals surface area contributed by atoms with Gasteiger partial charge in [-0.1, -0.05) is 0 Å². The van der Waals surface area contributed by atoms with Gasteiger partial charge >= 0.3 is 11.9 Å². The zero-order valence-corrected chi connectivity index (χ0v) is 8.32. The summed E-state index contributed by atoms with van der Waals surface area (Å²) in [5.74, 6) is -0.711. The molecule has 0 amide bonds. The second-order valence-electron chi connectivity index (χ2n) is 3.17. The van der Waals surface area contributed by atoms with E-state index in [1.807, 2.05) is 0 Å². The van der Waals surface area contributed by atoms with Crippen molar-refractivity contribution in [3.63, 3.8) is 0 Å². The number of carbonyl (C=O) groups excluding carboxylic acids is 2. The molecule has 14 heavy (non-hydrogen) atoms. The standard InChI is InChI=1S/C9H14O5/c1-6(10)13-8-3-4-12-9(5-8)14-7(2)11/h8-9H,3-5H2,1-2H3/t8-,9-/m0/s1. The third kappa shape index (κ3) is 3.74. The van der Waals surface area contributed by atoms with E-state index in [0.717, 1.165) is 0 Å². The molecule has 0 aromatic carbocycles. The summed E-state index contributed by atoms with van der Waals surface area (Å²) in [5, 5.41) is 0. The fraction of sp³-hybridized carbons (Fsp3) is 0.778. The molecule has 1 rings (SSSR count). The molecule has 0 radical (unpaired) electrons. The minimum atomic E-state index is -0.578. The van der Waals surface area contributed by atoms with Crippen LogP contribution in [0.15, 0.2) is 0 Å². The van der Waals surface area contributed by atoms with E-state index in [2.05, 4.69) is 0 Å². The van der Waals surface area contributed by atoms with Crippen molar-refractivity contribution in [3.05, 3.63) is 0 Å². The maximum Gasteiger partial charge on any atom is 0.304 e. The summed E-state index contributed by atoms with van der Waals surface area (Å²) in [5.41, 5.74) is 0. The molecule has 2 atom stereocenters. The van der Waals surface area contributed by atoms with Crippen LogP contribution in [0.3, 0.4) is 0 Å². The Hall–Kier alpha value is -1.10. The molecule has 1 heterocycles. The van der Waals surface area contributed by atoms with E-state index in [-0.39, 0.29) is 12.1 Å². The Kier molecular flexibility index (Phi) is 3.88. The highest BCUT2D eigenvalue weighted by Gasteiger charge is 2.26. The lowest BCUT2D eigenvalue weighted by Gasteiger charge is -2.28. The second-order valence-corrected chi connectivity index (χ2v) is 3.17. The highest BCUT2D eigenvalue weighted by Crippen LogP contribution is 2.17. The fourth-order valence-electron chi connectivity index (χ4n) is 1.34. The number of ether oxygens (including phenoxy) is 3. The van der Waals surface area contributed by atoms with E-state index >= 15 is 0 Å². The smallest absolute Gasteiger partial charge is 0.304 e. The molecule has 0 bridgehead atoms. The maximum atomic E-state index is 10.7. The molecule has 0 unspecified atom stereocenters. The molecule has 0 spiro atoms. The van der Waals surface area contributed by atoms with Crippen LogP contribution in [0.2, 0.25) is 0 Å². The van der Waals surface area contributed by atoms with Crippen LogP contribution in [0.4, 0.5) is 0 Å². The molecule has 0 aromatic heterocycles. The third-order valence-corrected chi connectivity index (χ3v) is 1.83. The maximum absolute atomic E-state index is 10.7. The monoisotopic (exact) mass is 202 g/mol. The minimum absolute atomic E-state index is 0.203. The normalized spacial score (nSPS) is 26.7. The van der Waals surface area contributed by atoms with E-state index < -0.39 is 12.3 Å². The van der Waals surface area contributed by atoms with Crippen LogP contribution in [-0.2, 0) is 23.8 Å². The van der Waals surface area contributed by atoms with Gasteiger partial charge in [0, 0.05) is 26.7 Å². The van der Waals surface area contributed by atoms with Crippen LogP contribution in [0.1, 0.15) is 26.7 Å². The summed E-state index contributed by atoms with van der Waals surface area (Å²) < 4.78 is 15.0. The summed E-state index contributed by atoms with van der Waals surface area (Å²) in [7, 11) is 0. The average molecular weight is 202 g/mol. The van der Waals surface area contributed by atoms with Gasteiger partial charge in [0.05, 0.1) is 6.61 Å². The molecule has 1 saturated heterocycles. The van der Waals surface area contributed by atoms with Crippen molar-refractivity contribution >= 4 is 11.9 Å². The lowest BCUT2D eigenvalue weighted by atomic mass is 10.1. The molecular weight excluding hydrogens is 188 g/mol. The zero-order valence-electron chi connectivity index (χ0n) is 8.32. The molecule has 5 nitrogen and oxygen atoms in total. The van der Waals surface area contributed by atoms with Gasteiger partial charge in [-0.15, -0.1) is 0 Å². The quantitative estimate of drug-likeness (QED) is 0.614. The molecule has 0 saturated carbocycles. The Labute approximate surface area is 82.3 Å². The molecule has 0 N–H and O–H groups in total. The van der Waals surface area contributed by atoms with Crippen LogP contribution in [0.5, 0.6) is 0 Å². The van der Waals surface area contributed by atoms with E-state index in [0.29, 0.717) is 19.4 Å². The average Bonchev–Trinajstić information content (AvgIpc) is 2.01. The van der Waals surface area contributed by atoms with Crippen molar-refractivity contribution in [2.75, 3.05) is 6.61 Å². The summed E-state index contributed by atoms with van der Waals surface area (Å²) in [6.07, 6.45) is 0.285. The molecule has 0 aliphatic carbocycles. The molecule has 0 aromatic rings. The number of esters is 2. The Morgan fingerprint density at radius 2 is 1.86 bits per heavy atom. The van der Waals surface area contributed by atoms with Crippen LogP contribution in [0, 0.1) is 0 Å². The fourth-order valence-corrected chi connectivity index (χ4v) is 1.34. The van der Waals surface area contributed by atoms with Crippen molar-refractivity contribution in [2.24, 2.45) is 0 Å². The first-order valence-corrected chi connectivity index (χ1v) is 4.54. The molecule has 5 heteroatoms. The summed E-state index contributed by atoms with van der Waals surface area (Å²) >= 11 is 0. The van der Waals surface area contributed by atoms with Crippen molar-refractivity contribution in [3.8, 4) is 0 Å². The van der Waals surface area contributed by atoms with Gasteiger partial charge in [0.1, 0.15) is 6.10 Å². The first-order valence-electron chi connectivity index (χ1n) is 4.54. The van der Waals surface area contributed by atoms with Gasteiger partial charge in [-0.2, -0.15) is 0 Å². The van der Waals surface area contributed by atoms with Crippen LogP contribution in [-0.4, -0.2) is 30.9 Å². The summed E-state index contributed by atoms with van der Waals surface area (Å²) in [6.45, 7) is 3.12. The van der Waals surface area contributed by atoms with E-state index in [9.17, 15) is 9.59 Å². The van der Waals surface area contributed by atoms with Crippen LogP contribution < -0.4 is 0 Å². The molecule has 1 fully saturated rings. The topological polar surface area (TPSA) is 61.8 Å². The van der Waals surface area contributed by atoms with Crippen LogP contribution >= 0.6 is 0 Å². The molecule has 1 aliphatic rings. The van der Waals surface area contributed by atoms with Crippen molar-refractivity contribution in [1.29, 1.82) is 0 Å². The lowest BCUT2D eigenvalue weighted by molar-refractivity contribution is -0.199. The van der Waals surface area contributed by atoms with E-state index in [1.54, 1.807) is 0 Å². The van der Waals surface area contributed by atoms with Crippen molar-refractivity contribution < 1.29 is 23.8 Å². The Morgan fingerprint density at radius 3 is 2.43 bits per heavy atom. The largest absolute Gasteiger partial charge is 0.462 e. The van der Waals surface area contributed by atoms with Gasteiger partial charge in [0.2, 0.25) is 6.29 Å². The van der Waals surface area contributed by atoms with E-state index in [4.69, 9.17) is 14.2 Å². The Balaban J connectivity index is 2.35. The predicted octanol–water partition coefficient (Wildman–Crippen LogP) is 0.618. The Morgan fingerprint density at radius 1 is 1.21 bits per heavy atom. The highest BCUT2D eigenvalue weighted by molar-refractivity contribution is 5.66. The van der Waals surface area contributed by atoms with Gasteiger partial charge in [0.15, 0.2) is 0 Å². The SMILES string of the molecule is CC(=O)O[C@H]1CCO[C@@H](OC(C)=O)C1. The highest BCUT2D eigenvalue weighted by atomic mass is 16.7. The van der Waals surface area contributed by atoms with Gasteiger partial charge in [0.25, 0.3) is 0 Å². The third-order valence-electron chi connectivity index (χ3n) is 1.83. The van der Waals surface area contributed by atoms with Gasteiger partial charge in [-0.05, 0) is 0 Å². The number of hydrogen-bond donors (Lipinski definition) is 0. The number of carbonyl (C=O) groups is 2. The second kappa shape index (κ2) is 4.95. The zero-order chi connectivity index (χ0) is 10.6. The van der Waals surface area contributed by atoms with Crippen LogP contribution in [0.25, 0.3) is 0 Å². The molecule has 80 valence electrons. The molecule has 1 aliphatic heterocycles. The number of rotatable bonds is 2. The number of hydrogen-bond acceptors (Lipinski definition) is 5.